The molecule has 0 aliphatic heterocycles. The standard InChI is InChI=1S/C26H31F3N2O5/c1-17-15-19(16-18(2)22(17)36-25(3,4)23(33)34)7-6-12-31(13-14-32)24(35)30(5)21-10-8-20(9-11-21)26(27,28)29/h8-11,14-16H,6-7,12-13H2,1-5H3,(H,33,34). The number of alkyl halides is 3. The van der Waals surface area contributed by atoms with Gasteiger partial charge in [-0.25, -0.2) is 9.59 Å². The van der Waals surface area contributed by atoms with E-state index >= 15 is 0 Å². The van der Waals surface area contributed by atoms with Crippen LogP contribution in [0, 0.1) is 13.8 Å². The minimum Gasteiger partial charge on any atom is -0.478 e. The van der Waals surface area contributed by atoms with E-state index in [1.165, 1.54) is 42.8 Å². The van der Waals surface area contributed by atoms with Crippen LogP contribution in [0.3, 0.4) is 0 Å². The number of benzene rings is 2. The quantitative estimate of drug-likeness (QED) is 0.443. The molecule has 0 bridgehead atoms. The molecular weight excluding hydrogens is 477 g/mol. The van der Waals surface area contributed by atoms with Crippen LogP contribution in [-0.2, 0) is 22.2 Å². The largest absolute Gasteiger partial charge is 0.478 e. The number of aldehydes is 1. The molecule has 7 nitrogen and oxygen atoms in total. The first-order valence-corrected chi connectivity index (χ1v) is 11.3. The second-order valence-corrected chi connectivity index (χ2v) is 9.08. The Bertz CT molecular complexity index is 1070. The van der Waals surface area contributed by atoms with Crippen molar-refractivity contribution in [1.29, 1.82) is 0 Å². The van der Waals surface area contributed by atoms with Gasteiger partial charge in [0.25, 0.3) is 0 Å². The molecule has 0 heterocycles. The first kappa shape index (κ1) is 28.7. The highest BCUT2D eigenvalue weighted by atomic mass is 19.4. The van der Waals surface area contributed by atoms with Gasteiger partial charge >= 0.3 is 18.2 Å². The lowest BCUT2D eigenvalue weighted by Crippen LogP contribution is -2.42. The van der Waals surface area contributed by atoms with Crippen molar-refractivity contribution < 1.29 is 37.4 Å². The van der Waals surface area contributed by atoms with Crippen LogP contribution < -0.4 is 9.64 Å². The SMILES string of the molecule is Cc1cc(CCCN(CC=O)C(=O)N(C)c2ccc(C(F)(F)F)cc2)cc(C)c1OC(C)(C)C(=O)O. The van der Waals surface area contributed by atoms with E-state index in [2.05, 4.69) is 0 Å². The third-order valence-corrected chi connectivity index (χ3v) is 5.72. The van der Waals surface area contributed by atoms with E-state index < -0.39 is 29.3 Å². The zero-order valence-electron chi connectivity index (χ0n) is 21.0. The Labute approximate surface area is 208 Å². The number of carboxylic acid groups (broad SMARTS) is 1. The highest BCUT2D eigenvalue weighted by molar-refractivity contribution is 5.92. The third-order valence-electron chi connectivity index (χ3n) is 5.72. The van der Waals surface area contributed by atoms with Crippen molar-refractivity contribution in [3.63, 3.8) is 0 Å². The monoisotopic (exact) mass is 508 g/mol. The molecule has 0 radical (unpaired) electrons. The summed E-state index contributed by atoms with van der Waals surface area (Å²) in [5.41, 5.74) is 0.594. The van der Waals surface area contributed by atoms with Gasteiger partial charge in [-0.2, -0.15) is 13.2 Å². The predicted octanol–water partition coefficient (Wildman–Crippen LogP) is 5.25. The van der Waals surface area contributed by atoms with E-state index in [1.54, 1.807) is 0 Å². The maximum atomic E-state index is 12.9. The Kier molecular flexibility index (Phi) is 9.12. The Morgan fingerprint density at radius 1 is 1.06 bits per heavy atom. The number of halogens is 3. The van der Waals surface area contributed by atoms with Crippen molar-refractivity contribution in [3.05, 3.63) is 58.7 Å². The molecule has 0 saturated carbocycles. The van der Waals surface area contributed by atoms with Crippen LogP contribution in [0.15, 0.2) is 36.4 Å². The van der Waals surface area contributed by atoms with E-state index in [4.69, 9.17) is 4.74 Å². The van der Waals surface area contributed by atoms with Crippen LogP contribution in [0.1, 0.15) is 42.5 Å². The van der Waals surface area contributed by atoms with Gasteiger partial charge < -0.3 is 19.5 Å². The molecule has 0 saturated heterocycles. The van der Waals surface area contributed by atoms with Gasteiger partial charge in [0, 0.05) is 19.3 Å². The average molecular weight is 509 g/mol. The number of hydrogen-bond acceptors (Lipinski definition) is 4. The number of amides is 2. The second kappa shape index (κ2) is 11.5. The molecule has 0 aliphatic carbocycles. The summed E-state index contributed by atoms with van der Waals surface area (Å²) in [7, 11) is 1.44. The van der Waals surface area contributed by atoms with Gasteiger partial charge in [-0.15, -0.1) is 0 Å². The van der Waals surface area contributed by atoms with Crippen LogP contribution in [0.2, 0.25) is 0 Å². The number of carbonyl (C=O) groups is 3. The summed E-state index contributed by atoms with van der Waals surface area (Å²) in [6.45, 7) is 6.70. The molecule has 0 unspecified atom stereocenters. The lowest BCUT2D eigenvalue weighted by atomic mass is 10.0. The number of rotatable bonds is 10. The molecule has 0 atom stereocenters. The maximum absolute atomic E-state index is 12.9. The van der Waals surface area contributed by atoms with Crippen LogP contribution in [0.5, 0.6) is 5.75 Å². The Balaban J connectivity index is 2.06. The highest BCUT2D eigenvalue weighted by Gasteiger charge is 2.31. The van der Waals surface area contributed by atoms with Gasteiger partial charge in [-0.05, 0) is 81.5 Å². The molecule has 0 aliphatic rings. The van der Waals surface area contributed by atoms with E-state index in [0.29, 0.717) is 24.9 Å². The summed E-state index contributed by atoms with van der Waals surface area (Å²) in [4.78, 5) is 38.0. The summed E-state index contributed by atoms with van der Waals surface area (Å²) in [5, 5.41) is 9.32. The Morgan fingerprint density at radius 3 is 2.08 bits per heavy atom. The summed E-state index contributed by atoms with van der Waals surface area (Å²) >= 11 is 0. The number of aliphatic carboxylic acids is 1. The molecule has 1 N–H and O–H groups in total. The van der Waals surface area contributed by atoms with Crippen molar-refractivity contribution in [2.45, 2.75) is 52.3 Å². The maximum Gasteiger partial charge on any atom is 0.416 e. The molecule has 2 aromatic carbocycles. The third kappa shape index (κ3) is 7.22. The van der Waals surface area contributed by atoms with Crippen LogP contribution in [0.4, 0.5) is 23.7 Å². The summed E-state index contributed by atoms with van der Waals surface area (Å²) in [6, 6.07) is 7.49. The van der Waals surface area contributed by atoms with Gasteiger partial charge in [0.1, 0.15) is 12.0 Å². The number of ether oxygens (including phenoxy) is 1. The fourth-order valence-corrected chi connectivity index (χ4v) is 3.67. The molecular formula is C26H31F3N2O5. The zero-order chi connectivity index (χ0) is 27.3. The van der Waals surface area contributed by atoms with Crippen LogP contribution in [-0.4, -0.2) is 54.0 Å². The highest BCUT2D eigenvalue weighted by Crippen LogP contribution is 2.31. The number of aryl methyl sites for hydroxylation is 3. The van der Waals surface area contributed by atoms with Gasteiger partial charge in [-0.1, -0.05) is 12.1 Å². The topological polar surface area (TPSA) is 87.2 Å². The summed E-state index contributed by atoms with van der Waals surface area (Å²) < 4.78 is 44.1. The van der Waals surface area contributed by atoms with Crippen molar-refractivity contribution in [2.75, 3.05) is 25.0 Å². The van der Waals surface area contributed by atoms with Gasteiger partial charge in [0.2, 0.25) is 0 Å². The molecule has 0 spiro atoms. The minimum atomic E-state index is -4.47. The number of carboxylic acids is 1. The van der Waals surface area contributed by atoms with Crippen LogP contribution in [0.25, 0.3) is 0 Å². The van der Waals surface area contributed by atoms with Gasteiger partial charge in [-0.3, -0.25) is 4.90 Å². The number of carbonyl (C=O) groups excluding carboxylic acids is 2. The zero-order valence-corrected chi connectivity index (χ0v) is 21.0. The molecule has 196 valence electrons. The first-order valence-electron chi connectivity index (χ1n) is 11.3. The fourth-order valence-electron chi connectivity index (χ4n) is 3.67. The van der Waals surface area contributed by atoms with E-state index in [1.807, 2.05) is 26.0 Å². The van der Waals surface area contributed by atoms with E-state index in [0.717, 1.165) is 28.8 Å². The van der Waals surface area contributed by atoms with E-state index in [9.17, 15) is 32.7 Å². The summed E-state index contributed by atoms with van der Waals surface area (Å²) in [6.07, 6.45) is -2.77. The van der Waals surface area contributed by atoms with Crippen LogP contribution >= 0.6 is 0 Å². The smallest absolute Gasteiger partial charge is 0.416 e. The van der Waals surface area contributed by atoms with E-state index in [-0.39, 0.29) is 18.8 Å². The molecule has 2 amide bonds. The van der Waals surface area contributed by atoms with Gasteiger partial charge in [0.15, 0.2) is 5.60 Å². The Morgan fingerprint density at radius 2 is 1.61 bits per heavy atom. The first-order chi connectivity index (χ1) is 16.7. The minimum absolute atomic E-state index is 0.154. The lowest BCUT2D eigenvalue weighted by Gasteiger charge is -2.27. The van der Waals surface area contributed by atoms with Crippen molar-refractivity contribution in [1.82, 2.24) is 4.90 Å². The van der Waals surface area contributed by atoms with Gasteiger partial charge in [0.05, 0.1) is 12.1 Å². The molecule has 0 aromatic heterocycles. The summed E-state index contributed by atoms with van der Waals surface area (Å²) in [5.74, 6) is -0.575. The Hall–Kier alpha value is -3.56. The molecule has 0 fully saturated rings. The molecule has 36 heavy (non-hydrogen) atoms. The predicted molar refractivity (Wildman–Crippen MR) is 129 cm³/mol. The van der Waals surface area contributed by atoms with Crippen molar-refractivity contribution in [3.8, 4) is 5.75 Å². The second-order valence-electron chi connectivity index (χ2n) is 9.08. The lowest BCUT2D eigenvalue weighted by molar-refractivity contribution is -0.152. The molecule has 2 rings (SSSR count). The number of hydrogen-bond donors (Lipinski definition) is 1. The number of anilines is 1. The van der Waals surface area contributed by atoms with Crippen molar-refractivity contribution >= 4 is 24.0 Å². The molecule has 10 heteroatoms. The number of urea groups is 1. The number of nitrogens with zero attached hydrogens (tertiary/aromatic N) is 2. The molecule has 2 aromatic rings. The fraction of sp³-hybridized carbons (Fsp3) is 0.423. The average Bonchev–Trinajstić information content (AvgIpc) is 2.79. The normalized spacial score (nSPS) is 11.7. The van der Waals surface area contributed by atoms with Crippen molar-refractivity contribution in [2.24, 2.45) is 0 Å².